The lowest BCUT2D eigenvalue weighted by atomic mass is 9.87. The second kappa shape index (κ2) is 5.24. The van der Waals surface area contributed by atoms with E-state index in [1.165, 1.54) is 0 Å². The van der Waals surface area contributed by atoms with Crippen LogP contribution in [0.5, 0.6) is 0 Å². The van der Waals surface area contributed by atoms with Crippen molar-refractivity contribution in [1.82, 2.24) is 5.32 Å². The van der Waals surface area contributed by atoms with Gasteiger partial charge < -0.3 is 15.4 Å². The third-order valence-electron chi connectivity index (χ3n) is 2.52. The first kappa shape index (κ1) is 10.5. The number of nitrogens with one attached hydrogen (secondary N) is 1. The highest BCUT2D eigenvalue weighted by atomic mass is 16.4. The van der Waals surface area contributed by atoms with Crippen LogP contribution in [0.2, 0.25) is 6.32 Å². The molecule has 0 amide bonds. The van der Waals surface area contributed by atoms with Crippen molar-refractivity contribution in [3.05, 3.63) is 0 Å². The summed E-state index contributed by atoms with van der Waals surface area (Å²) in [7, 11) is 1.14. The van der Waals surface area contributed by atoms with Crippen LogP contribution in [0.3, 0.4) is 0 Å². The molecule has 4 nitrogen and oxygen atoms in total. The minimum absolute atomic E-state index is 0.234. The summed E-state index contributed by atoms with van der Waals surface area (Å²) < 4.78 is 0. The molecule has 1 saturated heterocycles. The summed E-state index contributed by atoms with van der Waals surface area (Å²) in [6.45, 7) is 0.796. The number of carbonyl (C=O) groups is 1. The summed E-state index contributed by atoms with van der Waals surface area (Å²) >= 11 is 0. The van der Waals surface area contributed by atoms with Gasteiger partial charge in [0.15, 0.2) is 0 Å². The Hall–Kier alpha value is -0.545. The smallest absolute Gasteiger partial charge is 0.320 e. The molecule has 73 valence electrons. The first-order valence-corrected chi connectivity index (χ1v) is 4.67. The van der Waals surface area contributed by atoms with Crippen molar-refractivity contribution in [2.45, 2.75) is 31.6 Å². The van der Waals surface area contributed by atoms with Crippen LogP contribution in [0, 0.1) is 5.92 Å². The molecule has 3 N–H and O–H groups in total. The summed E-state index contributed by atoms with van der Waals surface area (Å²) in [5.41, 5.74) is 0. The molecule has 13 heavy (non-hydrogen) atoms. The Kier molecular flexibility index (Phi) is 4.25. The van der Waals surface area contributed by atoms with Gasteiger partial charge in [-0.05, 0) is 25.3 Å². The van der Waals surface area contributed by atoms with Crippen LogP contribution in [-0.4, -0.2) is 36.2 Å². The quantitative estimate of drug-likeness (QED) is 0.410. The summed E-state index contributed by atoms with van der Waals surface area (Å²) in [6.07, 6.45) is 3.33. The highest BCUT2D eigenvalue weighted by Crippen LogP contribution is 2.21. The molecule has 1 aliphatic heterocycles. The molecule has 0 aromatic carbocycles. The number of rotatable bonds is 5. The van der Waals surface area contributed by atoms with Crippen LogP contribution in [-0.2, 0) is 4.79 Å². The number of aliphatic carboxylic acids is 1. The van der Waals surface area contributed by atoms with Crippen molar-refractivity contribution < 1.29 is 14.9 Å². The molecule has 1 radical (unpaired) electrons. The van der Waals surface area contributed by atoms with Crippen molar-refractivity contribution in [3.63, 3.8) is 0 Å². The van der Waals surface area contributed by atoms with Gasteiger partial charge in [0.05, 0.1) is 0 Å². The lowest BCUT2D eigenvalue weighted by Crippen LogP contribution is -2.35. The molecule has 2 atom stereocenters. The predicted octanol–water partition coefficient (Wildman–Crippen LogP) is -0.141. The Labute approximate surface area is 78.6 Å². The normalized spacial score (nSPS) is 27.5. The number of carboxylic acid groups (broad SMARTS) is 1. The Balaban J connectivity index is 2.27. The highest BCUT2D eigenvalue weighted by Gasteiger charge is 2.31. The molecule has 0 unspecified atom stereocenters. The van der Waals surface area contributed by atoms with Gasteiger partial charge in [-0.25, -0.2) is 0 Å². The van der Waals surface area contributed by atoms with E-state index >= 15 is 0 Å². The van der Waals surface area contributed by atoms with Gasteiger partial charge in [0.2, 0.25) is 0 Å². The second-order valence-corrected chi connectivity index (χ2v) is 3.43. The van der Waals surface area contributed by atoms with Crippen LogP contribution in [0.15, 0.2) is 0 Å². The van der Waals surface area contributed by atoms with Crippen molar-refractivity contribution in [2.24, 2.45) is 5.92 Å². The molecule has 1 aliphatic rings. The topological polar surface area (TPSA) is 69.6 Å². The largest absolute Gasteiger partial charge is 0.480 e. The van der Waals surface area contributed by atoms with Gasteiger partial charge in [0.25, 0.3) is 7.48 Å². The molecule has 1 rings (SSSR count). The van der Waals surface area contributed by atoms with E-state index in [2.05, 4.69) is 5.32 Å². The fourth-order valence-electron chi connectivity index (χ4n) is 1.83. The zero-order valence-electron chi connectivity index (χ0n) is 7.57. The number of hydrogen-bond acceptors (Lipinski definition) is 3. The maximum absolute atomic E-state index is 10.7. The zero-order chi connectivity index (χ0) is 9.68. The van der Waals surface area contributed by atoms with Gasteiger partial charge in [-0.15, -0.1) is 0 Å². The van der Waals surface area contributed by atoms with Gasteiger partial charge in [-0.2, -0.15) is 0 Å². The summed E-state index contributed by atoms with van der Waals surface area (Å²) in [5, 5.41) is 20.2. The van der Waals surface area contributed by atoms with Gasteiger partial charge in [0, 0.05) is 0 Å². The first-order chi connectivity index (χ1) is 6.25. The molecule has 0 aromatic rings. The van der Waals surface area contributed by atoms with Gasteiger partial charge >= 0.3 is 5.97 Å². The minimum atomic E-state index is -0.754. The van der Waals surface area contributed by atoms with E-state index in [1.807, 2.05) is 0 Å². The Morgan fingerprint density at radius 1 is 1.62 bits per heavy atom. The number of hydrogen-bond donors (Lipinski definition) is 3. The van der Waals surface area contributed by atoms with Crippen LogP contribution in [0.4, 0.5) is 0 Å². The summed E-state index contributed by atoms with van der Waals surface area (Å²) in [4.78, 5) is 10.7. The molecule has 0 bridgehead atoms. The standard InChI is InChI=1S/C8H15BNO3/c11-8(12)7-6(3-5-10-7)2-1-4-9-13/h6-7,10,13H,1-5H2,(H,11,12)/t6-,7-/m1/s1. The van der Waals surface area contributed by atoms with Crippen molar-refractivity contribution in [3.8, 4) is 0 Å². The molecule has 0 spiro atoms. The molecule has 1 fully saturated rings. The van der Waals surface area contributed by atoms with Gasteiger partial charge in [-0.3, -0.25) is 4.79 Å². The minimum Gasteiger partial charge on any atom is -0.480 e. The van der Waals surface area contributed by atoms with E-state index < -0.39 is 5.97 Å². The van der Waals surface area contributed by atoms with Crippen LogP contribution in [0.25, 0.3) is 0 Å². The van der Waals surface area contributed by atoms with Crippen molar-refractivity contribution in [1.29, 1.82) is 0 Å². The first-order valence-electron chi connectivity index (χ1n) is 4.67. The van der Waals surface area contributed by atoms with Crippen molar-refractivity contribution >= 4 is 13.5 Å². The number of carboxylic acids is 1. The third-order valence-corrected chi connectivity index (χ3v) is 2.52. The fourth-order valence-corrected chi connectivity index (χ4v) is 1.83. The maximum atomic E-state index is 10.7. The molecular weight excluding hydrogens is 169 g/mol. The molecule has 0 aliphatic carbocycles. The van der Waals surface area contributed by atoms with Crippen molar-refractivity contribution in [2.75, 3.05) is 6.54 Å². The monoisotopic (exact) mass is 184 g/mol. The van der Waals surface area contributed by atoms with E-state index in [0.717, 1.165) is 33.3 Å². The van der Waals surface area contributed by atoms with E-state index in [4.69, 9.17) is 10.1 Å². The molecule has 1 heterocycles. The van der Waals surface area contributed by atoms with Crippen LogP contribution in [0.1, 0.15) is 19.3 Å². The predicted molar refractivity (Wildman–Crippen MR) is 49.5 cm³/mol. The van der Waals surface area contributed by atoms with Gasteiger partial charge in [0.1, 0.15) is 6.04 Å². The average Bonchev–Trinajstić information content (AvgIpc) is 2.53. The van der Waals surface area contributed by atoms with E-state index in [-0.39, 0.29) is 12.0 Å². The Bertz CT molecular complexity index is 177. The highest BCUT2D eigenvalue weighted by molar-refractivity contribution is 6.25. The maximum Gasteiger partial charge on any atom is 0.320 e. The SMILES string of the molecule is O=C(O)[C@@H]1NCC[C@H]1CCC[B]O. The van der Waals surface area contributed by atoms with E-state index in [1.54, 1.807) is 0 Å². The molecule has 5 heteroatoms. The van der Waals surface area contributed by atoms with E-state index in [9.17, 15) is 4.79 Å². The van der Waals surface area contributed by atoms with Crippen LogP contribution >= 0.6 is 0 Å². The molecule has 0 saturated carbocycles. The Morgan fingerprint density at radius 3 is 3.00 bits per heavy atom. The lowest BCUT2D eigenvalue weighted by molar-refractivity contribution is -0.140. The Morgan fingerprint density at radius 2 is 2.38 bits per heavy atom. The molecular formula is C8H15BNO3. The lowest BCUT2D eigenvalue weighted by Gasteiger charge is -2.14. The van der Waals surface area contributed by atoms with Crippen LogP contribution < -0.4 is 5.32 Å². The molecule has 0 aromatic heterocycles. The fraction of sp³-hybridized carbons (Fsp3) is 0.875. The zero-order valence-corrected chi connectivity index (χ0v) is 7.57. The summed E-state index contributed by atoms with van der Waals surface area (Å²) in [5.74, 6) is -0.520. The van der Waals surface area contributed by atoms with E-state index in [0.29, 0.717) is 6.32 Å². The summed E-state index contributed by atoms with van der Waals surface area (Å²) in [6, 6.07) is -0.376. The average molecular weight is 184 g/mol. The second-order valence-electron chi connectivity index (χ2n) is 3.43. The third kappa shape index (κ3) is 3.01. The van der Waals surface area contributed by atoms with Gasteiger partial charge in [-0.1, -0.05) is 12.7 Å².